The topological polar surface area (TPSA) is 34.1 Å². The van der Waals surface area contributed by atoms with Crippen LogP contribution in [0.3, 0.4) is 0 Å². The third kappa shape index (κ3) is 1.27. The number of allylic oxidation sites excluding steroid dienone is 2. The fraction of sp³-hybridized carbons (Fsp3) is 0.143. The normalized spacial score (nSPS) is 17.2. The van der Waals surface area contributed by atoms with Crippen LogP contribution in [0.2, 0.25) is 0 Å². The van der Waals surface area contributed by atoms with E-state index >= 15 is 0 Å². The Labute approximate surface area is 93.3 Å². The Morgan fingerprint density at radius 3 is 2.69 bits per heavy atom. The van der Waals surface area contributed by atoms with Crippen molar-refractivity contribution in [3.63, 3.8) is 0 Å². The van der Waals surface area contributed by atoms with Gasteiger partial charge >= 0.3 is 0 Å². The lowest BCUT2D eigenvalue weighted by Gasteiger charge is -2.17. The first-order valence-electron chi connectivity index (χ1n) is 5.32. The third-order valence-electron chi connectivity index (χ3n) is 3.07. The van der Waals surface area contributed by atoms with Crippen LogP contribution in [0.15, 0.2) is 24.3 Å². The highest BCUT2D eigenvalue weighted by molar-refractivity contribution is 6.06. The summed E-state index contributed by atoms with van der Waals surface area (Å²) in [5.74, 6) is 0.282. The number of hydrogen-bond donors (Lipinski definition) is 0. The summed E-state index contributed by atoms with van der Waals surface area (Å²) in [7, 11) is 0. The zero-order valence-electron chi connectivity index (χ0n) is 8.69. The van der Waals surface area contributed by atoms with Crippen LogP contribution < -0.4 is 0 Å². The molecule has 3 rings (SSSR count). The predicted molar refractivity (Wildman–Crippen MR) is 62.2 cm³/mol. The quantitative estimate of drug-likeness (QED) is 0.659. The van der Waals surface area contributed by atoms with E-state index in [1.807, 2.05) is 30.4 Å². The Bertz CT molecular complexity index is 562. The van der Waals surface area contributed by atoms with Crippen molar-refractivity contribution >= 4 is 23.7 Å². The first-order valence-corrected chi connectivity index (χ1v) is 5.32. The van der Waals surface area contributed by atoms with E-state index in [0.29, 0.717) is 12.8 Å². The molecule has 0 amide bonds. The van der Waals surface area contributed by atoms with Crippen molar-refractivity contribution in [3.8, 4) is 0 Å². The number of carbonyl (C=O) groups excluding carboxylic acids is 2. The van der Waals surface area contributed by atoms with Crippen molar-refractivity contribution in [3.05, 3.63) is 46.5 Å². The van der Waals surface area contributed by atoms with Crippen LogP contribution in [0.4, 0.5) is 0 Å². The molecule has 0 aromatic heterocycles. The van der Waals surface area contributed by atoms with Gasteiger partial charge in [0.05, 0.1) is 0 Å². The van der Waals surface area contributed by atoms with Gasteiger partial charge in [-0.15, -0.1) is 0 Å². The van der Waals surface area contributed by atoms with Crippen molar-refractivity contribution in [2.24, 2.45) is 0 Å². The van der Waals surface area contributed by atoms with Crippen LogP contribution in [-0.2, 0) is 11.2 Å². The van der Waals surface area contributed by atoms with Gasteiger partial charge in [0.15, 0.2) is 11.6 Å². The van der Waals surface area contributed by atoms with Gasteiger partial charge in [-0.25, -0.2) is 0 Å². The molecule has 2 aliphatic carbocycles. The number of fused-ring (bicyclic) bond motifs is 3. The number of hydrogen-bond acceptors (Lipinski definition) is 2. The van der Waals surface area contributed by atoms with Gasteiger partial charge in [0.2, 0.25) is 0 Å². The van der Waals surface area contributed by atoms with Crippen molar-refractivity contribution in [2.75, 3.05) is 0 Å². The number of Topliss-reactive ketones (excluding diaryl/α,β-unsaturated/α-hetero) is 1. The monoisotopic (exact) mass is 210 g/mol. The maximum atomic E-state index is 11.7. The van der Waals surface area contributed by atoms with Gasteiger partial charge < -0.3 is 0 Å². The minimum absolute atomic E-state index is 0.124. The summed E-state index contributed by atoms with van der Waals surface area (Å²) in [6.07, 6.45) is 8.21. The summed E-state index contributed by atoms with van der Waals surface area (Å²) >= 11 is 0. The molecule has 1 aromatic carbocycles. The summed E-state index contributed by atoms with van der Waals surface area (Å²) in [6, 6.07) is 3.74. The van der Waals surface area contributed by atoms with Crippen molar-refractivity contribution in [2.45, 2.75) is 12.8 Å². The molecular weight excluding hydrogens is 200 g/mol. The Morgan fingerprint density at radius 2 is 1.81 bits per heavy atom. The first-order chi connectivity index (χ1) is 7.75. The standard InChI is InChI=1S/C14H10O2/c15-10-5-7-11-9(8-10)4-6-13-12(11)2-1-3-14(13)16/h1-2,4-7H,3,8H2. The number of benzene rings is 1. The maximum absolute atomic E-state index is 11.7. The highest BCUT2D eigenvalue weighted by Gasteiger charge is 2.20. The molecule has 0 bridgehead atoms. The molecule has 2 heteroatoms. The zero-order chi connectivity index (χ0) is 11.1. The molecule has 16 heavy (non-hydrogen) atoms. The average Bonchev–Trinajstić information content (AvgIpc) is 2.28. The van der Waals surface area contributed by atoms with Crippen LogP contribution in [0.1, 0.15) is 33.5 Å². The van der Waals surface area contributed by atoms with E-state index in [2.05, 4.69) is 0 Å². The molecule has 0 heterocycles. The highest BCUT2D eigenvalue weighted by atomic mass is 16.1. The molecular formula is C14H10O2. The molecule has 0 atom stereocenters. The van der Waals surface area contributed by atoms with Gasteiger partial charge in [-0.05, 0) is 22.8 Å². The second-order valence-corrected chi connectivity index (χ2v) is 4.11. The number of carbonyl (C=O) groups is 2. The van der Waals surface area contributed by atoms with Crippen molar-refractivity contribution in [1.82, 2.24) is 0 Å². The van der Waals surface area contributed by atoms with E-state index in [4.69, 9.17) is 0 Å². The van der Waals surface area contributed by atoms with E-state index < -0.39 is 0 Å². The van der Waals surface area contributed by atoms with E-state index in [1.54, 1.807) is 6.08 Å². The van der Waals surface area contributed by atoms with E-state index in [9.17, 15) is 9.59 Å². The van der Waals surface area contributed by atoms with Crippen LogP contribution in [-0.4, -0.2) is 11.6 Å². The lowest BCUT2D eigenvalue weighted by atomic mass is 9.85. The van der Waals surface area contributed by atoms with Gasteiger partial charge in [-0.2, -0.15) is 0 Å². The average molecular weight is 210 g/mol. The molecule has 0 fully saturated rings. The van der Waals surface area contributed by atoms with Gasteiger partial charge in [0.25, 0.3) is 0 Å². The molecule has 0 saturated carbocycles. The summed E-state index contributed by atoms with van der Waals surface area (Å²) in [6.45, 7) is 0. The van der Waals surface area contributed by atoms with Gasteiger partial charge in [-0.3, -0.25) is 9.59 Å². The van der Waals surface area contributed by atoms with Gasteiger partial charge in [0, 0.05) is 18.4 Å². The zero-order valence-corrected chi connectivity index (χ0v) is 8.69. The molecule has 0 saturated heterocycles. The summed E-state index contributed by atoms with van der Waals surface area (Å²) in [5.41, 5.74) is 3.80. The Balaban J connectivity index is 2.27. The van der Waals surface area contributed by atoms with Crippen LogP contribution in [0.5, 0.6) is 0 Å². The predicted octanol–water partition coefficient (Wildman–Crippen LogP) is 2.42. The van der Waals surface area contributed by atoms with E-state index in [-0.39, 0.29) is 11.6 Å². The summed E-state index contributed by atoms with van der Waals surface area (Å²) in [5, 5.41) is 0. The lowest BCUT2D eigenvalue weighted by Crippen LogP contribution is -2.11. The maximum Gasteiger partial charge on any atom is 0.167 e. The molecule has 0 N–H and O–H groups in total. The third-order valence-corrected chi connectivity index (χ3v) is 3.07. The molecule has 1 aromatic rings. The van der Waals surface area contributed by atoms with Gasteiger partial charge in [-0.1, -0.05) is 30.4 Å². The molecule has 0 radical (unpaired) electrons. The fourth-order valence-corrected chi connectivity index (χ4v) is 2.27. The molecule has 0 spiro atoms. The SMILES string of the molecule is O=C1C=Cc2c(ccc3c2C=CCC3=O)C1. The minimum Gasteiger partial charge on any atom is -0.294 e. The smallest absolute Gasteiger partial charge is 0.167 e. The minimum atomic E-state index is 0.124. The summed E-state index contributed by atoms with van der Waals surface area (Å²) < 4.78 is 0. The molecule has 78 valence electrons. The number of ketones is 2. The highest BCUT2D eigenvalue weighted by Crippen LogP contribution is 2.29. The molecule has 2 nitrogen and oxygen atoms in total. The fourth-order valence-electron chi connectivity index (χ4n) is 2.27. The second kappa shape index (κ2) is 3.27. The summed E-state index contributed by atoms with van der Waals surface area (Å²) in [4.78, 5) is 23.0. The van der Waals surface area contributed by atoms with Crippen molar-refractivity contribution < 1.29 is 9.59 Å². The van der Waals surface area contributed by atoms with Crippen LogP contribution >= 0.6 is 0 Å². The molecule has 0 unspecified atom stereocenters. The Hall–Kier alpha value is -1.96. The first kappa shape index (κ1) is 9.28. The van der Waals surface area contributed by atoms with Gasteiger partial charge in [0.1, 0.15) is 0 Å². The largest absolute Gasteiger partial charge is 0.294 e. The van der Waals surface area contributed by atoms with Crippen LogP contribution in [0, 0.1) is 0 Å². The second-order valence-electron chi connectivity index (χ2n) is 4.11. The Kier molecular flexibility index (Phi) is 1.90. The van der Waals surface area contributed by atoms with E-state index in [1.165, 1.54) is 0 Å². The Morgan fingerprint density at radius 1 is 0.938 bits per heavy atom. The van der Waals surface area contributed by atoms with Crippen molar-refractivity contribution in [1.29, 1.82) is 0 Å². The molecule has 2 aliphatic rings. The number of rotatable bonds is 0. The van der Waals surface area contributed by atoms with Crippen LogP contribution in [0.25, 0.3) is 12.2 Å². The molecule has 0 aliphatic heterocycles. The lowest BCUT2D eigenvalue weighted by molar-refractivity contribution is -0.114. The van der Waals surface area contributed by atoms with E-state index in [0.717, 1.165) is 22.3 Å².